The minimum atomic E-state index is -0.710. The maximum absolute atomic E-state index is 12.6. The van der Waals surface area contributed by atoms with E-state index in [1.54, 1.807) is 24.3 Å². The van der Waals surface area contributed by atoms with Crippen LogP contribution >= 0.6 is 11.6 Å². The van der Waals surface area contributed by atoms with Crippen molar-refractivity contribution in [2.75, 3.05) is 10.2 Å². The lowest BCUT2D eigenvalue weighted by atomic mass is 10.1. The van der Waals surface area contributed by atoms with Crippen LogP contribution in [-0.2, 0) is 0 Å². The van der Waals surface area contributed by atoms with Crippen molar-refractivity contribution in [2.45, 2.75) is 0 Å². The summed E-state index contributed by atoms with van der Waals surface area (Å²) in [6.07, 6.45) is 0. The lowest BCUT2D eigenvalue weighted by Crippen LogP contribution is -2.29. The van der Waals surface area contributed by atoms with Crippen molar-refractivity contribution < 1.29 is 19.3 Å². The first kappa shape index (κ1) is 19.3. The Morgan fingerprint density at radius 2 is 1.53 bits per heavy atom. The van der Waals surface area contributed by atoms with E-state index in [-0.39, 0.29) is 27.6 Å². The van der Waals surface area contributed by atoms with E-state index in [0.29, 0.717) is 11.1 Å². The zero-order valence-electron chi connectivity index (χ0n) is 15.2. The summed E-state index contributed by atoms with van der Waals surface area (Å²) in [5.74, 6) is -1.65. The highest BCUT2D eigenvalue weighted by Gasteiger charge is 2.36. The Bertz CT molecular complexity index is 1210. The lowest BCUT2D eigenvalue weighted by molar-refractivity contribution is -0.385. The number of nitrogens with one attached hydrogen (secondary N) is 1. The Labute approximate surface area is 174 Å². The summed E-state index contributed by atoms with van der Waals surface area (Å²) in [6.45, 7) is 0. The fourth-order valence-electron chi connectivity index (χ4n) is 3.18. The van der Waals surface area contributed by atoms with Crippen LogP contribution in [0.2, 0.25) is 5.02 Å². The molecule has 3 amide bonds. The summed E-state index contributed by atoms with van der Waals surface area (Å²) in [5, 5.41) is 13.7. The Balaban J connectivity index is 1.61. The average molecular weight is 422 g/mol. The van der Waals surface area contributed by atoms with Crippen LogP contribution in [-0.4, -0.2) is 22.6 Å². The number of hydrogen-bond acceptors (Lipinski definition) is 5. The number of fused-ring (bicyclic) bond motifs is 1. The molecule has 0 spiro atoms. The number of carbonyl (C=O) groups excluding carboxylic acids is 3. The summed E-state index contributed by atoms with van der Waals surface area (Å²) in [4.78, 5) is 49.2. The van der Waals surface area contributed by atoms with Gasteiger partial charge in [0.25, 0.3) is 23.4 Å². The van der Waals surface area contributed by atoms with Crippen molar-refractivity contribution in [1.29, 1.82) is 0 Å². The molecule has 0 saturated carbocycles. The summed E-state index contributed by atoms with van der Waals surface area (Å²) in [7, 11) is 0. The highest BCUT2D eigenvalue weighted by atomic mass is 35.5. The van der Waals surface area contributed by atoms with Gasteiger partial charge in [-0.05, 0) is 36.4 Å². The van der Waals surface area contributed by atoms with E-state index in [9.17, 15) is 24.5 Å². The Morgan fingerprint density at radius 1 is 0.933 bits per heavy atom. The molecule has 0 atom stereocenters. The van der Waals surface area contributed by atoms with Gasteiger partial charge in [0.1, 0.15) is 5.56 Å². The number of hydrogen-bond donors (Lipinski definition) is 1. The fraction of sp³-hybridized carbons (Fsp3) is 0. The molecule has 1 aliphatic heterocycles. The topological polar surface area (TPSA) is 110 Å². The van der Waals surface area contributed by atoms with Crippen LogP contribution in [0.3, 0.4) is 0 Å². The van der Waals surface area contributed by atoms with Crippen LogP contribution in [0.4, 0.5) is 17.1 Å². The first-order valence-corrected chi connectivity index (χ1v) is 9.08. The second kappa shape index (κ2) is 7.41. The Kier molecular flexibility index (Phi) is 4.77. The summed E-state index contributed by atoms with van der Waals surface area (Å²) in [6, 6.07) is 16.2. The molecule has 0 unspecified atom stereocenters. The van der Waals surface area contributed by atoms with Crippen molar-refractivity contribution in [3.63, 3.8) is 0 Å². The molecule has 3 aromatic rings. The smallest absolute Gasteiger partial charge is 0.282 e. The van der Waals surface area contributed by atoms with Gasteiger partial charge in [0, 0.05) is 6.07 Å². The molecule has 0 radical (unpaired) electrons. The van der Waals surface area contributed by atoms with E-state index in [2.05, 4.69) is 5.32 Å². The van der Waals surface area contributed by atoms with E-state index >= 15 is 0 Å². The molecule has 0 fully saturated rings. The molecule has 9 heteroatoms. The Morgan fingerprint density at radius 3 is 2.13 bits per heavy atom. The third kappa shape index (κ3) is 3.19. The van der Waals surface area contributed by atoms with Gasteiger partial charge in [0.15, 0.2) is 0 Å². The molecule has 1 N–H and O–H groups in total. The number of para-hydroxylation sites is 1. The van der Waals surface area contributed by atoms with Gasteiger partial charge < -0.3 is 5.32 Å². The number of amides is 3. The lowest BCUT2D eigenvalue weighted by Gasteiger charge is -2.16. The summed E-state index contributed by atoms with van der Waals surface area (Å²) >= 11 is 6.25. The monoisotopic (exact) mass is 421 g/mol. The summed E-state index contributed by atoms with van der Waals surface area (Å²) in [5.41, 5.74) is 0.562. The van der Waals surface area contributed by atoms with Gasteiger partial charge in [-0.1, -0.05) is 35.9 Å². The quantitative estimate of drug-likeness (QED) is 0.383. The first-order chi connectivity index (χ1) is 14.4. The number of carbonyl (C=O) groups is 3. The maximum atomic E-state index is 12.6. The van der Waals surface area contributed by atoms with Crippen LogP contribution in [0.15, 0.2) is 66.7 Å². The van der Waals surface area contributed by atoms with Gasteiger partial charge in [0.05, 0.1) is 32.4 Å². The number of rotatable bonds is 4. The largest absolute Gasteiger partial charge is 0.320 e. The number of anilines is 2. The molecule has 1 heterocycles. The average Bonchev–Trinajstić information content (AvgIpc) is 3.00. The second-order valence-electron chi connectivity index (χ2n) is 6.38. The van der Waals surface area contributed by atoms with E-state index in [1.165, 1.54) is 42.5 Å². The fourth-order valence-corrected chi connectivity index (χ4v) is 3.40. The van der Waals surface area contributed by atoms with Crippen molar-refractivity contribution in [2.24, 2.45) is 0 Å². The number of imide groups is 1. The molecule has 1 aliphatic rings. The molecule has 0 bridgehead atoms. The minimum absolute atomic E-state index is 0.0657. The zero-order chi connectivity index (χ0) is 21.4. The molecule has 0 aliphatic carbocycles. The van der Waals surface area contributed by atoms with Gasteiger partial charge in [-0.3, -0.25) is 24.5 Å². The van der Waals surface area contributed by atoms with Crippen LogP contribution in [0.25, 0.3) is 0 Å². The standard InChI is InChI=1S/C21H12ClN3O5/c22-16-11-12(24-20(27)13-5-1-2-6-14(13)21(24)28)9-10-17(16)23-19(26)15-7-3-4-8-18(15)25(29)30/h1-11H,(H,23,26). The molecular weight excluding hydrogens is 410 g/mol. The summed E-state index contributed by atoms with van der Waals surface area (Å²) < 4.78 is 0. The van der Waals surface area contributed by atoms with Crippen LogP contribution in [0.1, 0.15) is 31.1 Å². The van der Waals surface area contributed by atoms with Crippen molar-refractivity contribution in [3.8, 4) is 0 Å². The predicted octanol–water partition coefficient (Wildman–Crippen LogP) is 4.30. The molecule has 0 saturated heterocycles. The molecular formula is C21H12ClN3O5. The van der Waals surface area contributed by atoms with Gasteiger partial charge >= 0.3 is 0 Å². The molecule has 30 heavy (non-hydrogen) atoms. The van der Waals surface area contributed by atoms with Crippen LogP contribution < -0.4 is 10.2 Å². The van der Waals surface area contributed by atoms with Gasteiger partial charge in [0.2, 0.25) is 0 Å². The molecule has 0 aromatic heterocycles. The third-order valence-electron chi connectivity index (χ3n) is 4.60. The van der Waals surface area contributed by atoms with E-state index in [4.69, 9.17) is 11.6 Å². The molecule has 4 rings (SSSR count). The minimum Gasteiger partial charge on any atom is -0.320 e. The maximum Gasteiger partial charge on any atom is 0.282 e. The van der Waals surface area contributed by atoms with E-state index in [0.717, 1.165) is 4.90 Å². The predicted molar refractivity (Wildman–Crippen MR) is 110 cm³/mol. The SMILES string of the molecule is O=C(Nc1ccc(N2C(=O)c3ccccc3C2=O)cc1Cl)c1ccccc1[N+](=O)[O-]. The van der Waals surface area contributed by atoms with Gasteiger partial charge in [-0.15, -0.1) is 0 Å². The van der Waals surface area contributed by atoms with Crippen LogP contribution in [0.5, 0.6) is 0 Å². The number of nitro benzene ring substituents is 1. The second-order valence-corrected chi connectivity index (χ2v) is 6.79. The number of nitrogens with zero attached hydrogens (tertiary/aromatic N) is 2. The van der Waals surface area contributed by atoms with Crippen LogP contribution in [0, 0.1) is 10.1 Å². The molecule has 8 nitrogen and oxygen atoms in total. The van der Waals surface area contributed by atoms with E-state index < -0.39 is 22.6 Å². The normalized spacial score (nSPS) is 12.6. The third-order valence-corrected chi connectivity index (χ3v) is 4.91. The molecule has 3 aromatic carbocycles. The number of nitro groups is 1. The van der Waals surface area contributed by atoms with Crippen molar-refractivity contribution in [1.82, 2.24) is 0 Å². The first-order valence-electron chi connectivity index (χ1n) is 8.70. The zero-order valence-corrected chi connectivity index (χ0v) is 15.9. The highest BCUT2D eigenvalue weighted by Crippen LogP contribution is 2.33. The Hall–Kier alpha value is -4.04. The number of halogens is 1. The van der Waals surface area contributed by atoms with Gasteiger partial charge in [-0.25, -0.2) is 4.90 Å². The van der Waals surface area contributed by atoms with Crippen molar-refractivity contribution in [3.05, 3.63) is 98.6 Å². The highest BCUT2D eigenvalue weighted by molar-refractivity contribution is 6.37. The van der Waals surface area contributed by atoms with E-state index in [1.807, 2.05) is 0 Å². The van der Waals surface area contributed by atoms with Gasteiger partial charge in [-0.2, -0.15) is 0 Å². The van der Waals surface area contributed by atoms with Crippen molar-refractivity contribution >= 4 is 46.4 Å². The molecule has 148 valence electrons. The number of benzene rings is 3.